The summed E-state index contributed by atoms with van der Waals surface area (Å²) in [5, 5.41) is 3.69. The largest absolute Gasteiger partial charge is 0.444 e. The molecule has 0 radical (unpaired) electrons. The van der Waals surface area contributed by atoms with Crippen LogP contribution in [0.4, 0.5) is 13.6 Å². The van der Waals surface area contributed by atoms with Crippen LogP contribution < -0.4 is 10.6 Å². The molecule has 0 fully saturated rings. The molecule has 0 aliphatic rings. The normalized spacial score (nSPS) is 12.5. The Kier molecular flexibility index (Phi) is 9.05. The number of ether oxygens (including phenoxy) is 1. The molecule has 8 nitrogen and oxygen atoms in total. The van der Waals surface area contributed by atoms with Gasteiger partial charge in [-0.15, -0.1) is 0 Å². The van der Waals surface area contributed by atoms with E-state index in [9.17, 15) is 26.8 Å². The number of nitrogens with zero attached hydrogens (tertiary/aromatic N) is 1. The van der Waals surface area contributed by atoms with Crippen molar-refractivity contribution in [1.29, 1.82) is 0 Å². The molecule has 1 aromatic heterocycles. The number of halogens is 3. The van der Waals surface area contributed by atoms with E-state index in [4.69, 9.17) is 16.3 Å². The minimum atomic E-state index is -4.32. The number of alkyl carbamates (subject to hydrolysis) is 1. The van der Waals surface area contributed by atoms with E-state index >= 15 is 0 Å². The molecule has 0 spiro atoms. The molecule has 1 atom stereocenters. The molecule has 0 saturated carbocycles. The van der Waals surface area contributed by atoms with Gasteiger partial charge in [-0.3, -0.25) is 9.78 Å². The number of pyridine rings is 1. The molecule has 0 bridgehead atoms. The average molecular weight is 566 g/mol. The van der Waals surface area contributed by atoms with Crippen LogP contribution in [0.15, 0.2) is 65.7 Å². The van der Waals surface area contributed by atoms with E-state index in [1.54, 1.807) is 20.8 Å². The number of benzene rings is 2. The summed E-state index contributed by atoms with van der Waals surface area (Å²) in [6.07, 6.45) is 0.503. The van der Waals surface area contributed by atoms with E-state index < -0.39 is 49.9 Å². The Hall–Kier alpha value is -3.57. The third kappa shape index (κ3) is 7.48. The summed E-state index contributed by atoms with van der Waals surface area (Å²) in [6.45, 7) is 5.35. The van der Waals surface area contributed by atoms with E-state index in [2.05, 4.69) is 15.6 Å². The quantitative estimate of drug-likeness (QED) is 0.378. The van der Waals surface area contributed by atoms with Crippen LogP contribution in [0.3, 0.4) is 0 Å². The Balaban J connectivity index is 1.82. The zero-order valence-electron chi connectivity index (χ0n) is 20.8. The zero-order valence-corrected chi connectivity index (χ0v) is 22.4. The number of sulfone groups is 1. The Morgan fingerprint density at radius 2 is 1.66 bits per heavy atom. The molecule has 202 valence electrons. The first-order valence-corrected chi connectivity index (χ1v) is 13.4. The number of carbonyl (C=O) groups excluding carboxylic acids is 2. The Labute approximate surface area is 224 Å². The molecule has 3 aromatic rings. The molecule has 1 unspecified atom stereocenters. The summed E-state index contributed by atoms with van der Waals surface area (Å²) in [6, 6.07) is 10.3. The van der Waals surface area contributed by atoms with Gasteiger partial charge in [0.25, 0.3) is 5.91 Å². The van der Waals surface area contributed by atoms with E-state index in [0.29, 0.717) is 5.02 Å². The lowest BCUT2D eigenvalue weighted by Gasteiger charge is -2.20. The van der Waals surface area contributed by atoms with Crippen LogP contribution in [0.5, 0.6) is 0 Å². The predicted molar refractivity (Wildman–Crippen MR) is 138 cm³/mol. The molecule has 2 amide bonds. The monoisotopic (exact) mass is 565 g/mol. The van der Waals surface area contributed by atoms with Crippen molar-refractivity contribution in [3.63, 3.8) is 0 Å². The van der Waals surface area contributed by atoms with Gasteiger partial charge in [-0.1, -0.05) is 11.6 Å². The molecule has 0 aliphatic carbocycles. The molecule has 3 rings (SSSR count). The lowest BCUT2D eigenvalue weighted by atomic mass is 10.1. The maximum atomic E-state index is 14.8. The summed E-state index contributed by atoms with van der Waals surface area (Å²) in [4.78, 5) is 28.1. The van der Waals surface area contributed by atoms with Gasteiger partial charge in [0, 0.05) is 29.9 Å². The average Bonchev–Trinajstić information content (AvgIpc) is 2.83. The van der Waals surface area contributed by atoms with Gasteiger partial charge < -0.3 is 15.4 Å². The van der Waals surface area contributed by atoms with E-state index in [1.165, 1.54) is 36.4 Å². The molecular weight excluding hydrogens is 540 g/mol. The fraction of sp³-hybridized carbons (Fsp3) is 0.269. The van der Waals surface area contributed by atoms with Gasteiger partial charge in [0.15, 0.2) is 9.84 Å². The predicted octanol–water partition coefficient (Wildman–Crippen LogP) is 4.83. The van der Waals surface area contributed by atoms with Gasteiger partial charge in [-0.05, 0) is 75.4 Å². The molecule has 2 N–H and O–H groups in total. The molecule has 0 aliphatic heterocycles. The smallest absolute Gasteiger partial charge is 0.407 e. The van der Waals surface area contributed by atoms with Gasteiger partial charge in [0.05, 0.1) is 16.2 Å². The van der Waals surface area contributed by atoms with Crippen molar-refractivity contribution < 1.29 is 31.5 Å². The lowest BCUT2D eigenvalue weighted by molar-refractivity contribution is 0.0526. The van der Waals surface area contributed by atoms with Crippen molar-refractivity contribution in [2.75, 3.05) is 13.1 Å². The number of amides is 2. The summed E-state index contributed by atoms with van der Waals surface area (Å²) in [7, 11) is -4.32. The van der Waals surface area contributed by atoms with Gasteiger partial charge >= 0.3 is 6.09 Å². The Morgan fingerprint density at radius 1 is 1.00 bits per heavy atom. The van der Waals surface area contributed by atoms with Crippen LogP contribution in [0.1, 0.15) is 47.6 Å². The standard InChI is InChI=1S/C26H26ClF2N3O5S/c1-26(2,3)37-25(34)31-13-12-30-24(33)16-4-11-22(32-15-16)23(20-14-18(28)7-10-21(20)29)38(35,36)19-8-5-17(27)6-9-19/h4-11,14-15,23H,12-13H2,1-3H3,(H,30,33)(H,31,34). The molecule has 2 aromatic carbocycles. The van der Waals surface area contributed by atoms with Crippen LogP contribution in [0, 0.1) is 11.6 Å². The van der Waals surface area contributed by atoms with Crippen molar-refractivity contribution in [2.45, 2.75) is 36.5 Å². The second kappa shape index (κ2) is 11.9. The number of nitrogens with one attached hydrogen (secondary N) is 2. The van der Waals surface area contributed by atoms with Crippen molar-refractivity contribution in [1.82, 2.24) is 15.6 Å². The van der Waals surface area contributed by atoms with Crippen molar-refractivity contribution in [3.8, 4) is 0 Å². The highest BCUT2D eigenvalue weighted by molar-refractivity contribution is 7.91. The van der Waals surface area contributed by atoms with Gasteiger partial charge in [-0.2, -0.15) is 0 Å². The van der Waals surface area contributed by atoms with Crippen LogP contribution in [0.2, 0.25) is 5.02 Å². The van der Waals surface area contributed by atoms with E-state index in [0.717, 1.165) is 24.4 Å². The van der Waals surface area contributed by atoms with Crippen LogP contribution in [0.25, 0.3) is 0 Å². The van der Waals surface area contributed by atoms with Crippen molar-refractivity contribution >= 4 is 33.4 Å². The number of hydrogen-bond acceptors (Lipinski definition) is 6. The highest BCUT2D eigenvalue weighted by atomic mass is 35.5. The minimum absolute atomic E-state index is 0.0852. The minimum Gasteiger partial charge on any atom is -0.444 e. The molecule has 12 heteroatoms. The first-order valence-electron chi connectivity index (χ1n) is 11.4. The maximum Gasteiger partial charge on any atom is 0.407 e. The fourth-order valence-corrected chi connectivity index (χ4v) is 5.30. The fourth-order valence-electron chi connectivity index (χ4n) is 3.41. The third-order valence-corrected chi connectivity index (χ3v) is 7.39. The van der Waals surface area contributed by atoms with Crippen molar-refractivity contribution in [3.05, 3.63) is 94.3 Å². The summed E-state index contributed by atoms with van der Waals surface area (Å²) >= 11 is 5.87. The second-order valence-corrected chi connectivity index (χ2v) is 11.7. The first-order chi connectivity index (χ1) is 17.8. The Morgan fingerprint density at radius 3 is 2.26 bits per heavy atom. The Bertz CT molecular complexity index is 1410. The van der Waals surface area contributed by atoms with Crippen LogP contribution in [-0.4, -0.2) is 44.1 Å². The topological polar surface area (TPSA) is 114 Å². The zero-order chi connectivity index (χ0) is 28.1. The van der Waals surface area contributed by atoms with Gasteiger partial charge in [0.2, 0.25) is 0 Å². The van der Waals surface area contributed by atoms with E-state index in [-0.39, 0.29) is 29.2 Å². The maximum absolute atomic E-state index is 14.8. The highest BCUT2D eigenvalue weighted by Crippen LogP contribution is 2.36. The van der Waals surface area contributed by atoms with Gasteiger partial charge in [-0.25, -0.2) is 22.0 Å². The van der Waals surface area contributed by atoms with Crippen molar-refractivity contribution in [2.24, 2.45) is 0 Å². The second-order valence-electron chi connectivity index (χ2n) is 9.20. The number of hydrogen-bond donors (Lipinski definition) is 2. The molecule has 38 heavy (non-hydrogen) atoms. The molecular formula is C26H26ClF2N3O5S. The number of aromatic nitrogens is 1. The highest BCUT2D eigenvalue weighted by Gasteiger charge is 2.34. The van der Waals surface area contributed by atoms with Gasteiger partial charge in [0.1, 0.15) is 22.5 Å². The summed E-state index contributed by atoms with van der Waals surface area (Å²) < 4.78 is 61.0. The third-order valence-electron chi connectivity index (χ3n) is 5.09. The van der Waals surface area contributed by atoms with Crippen LogP contribution >= 0.6 is 11.6 Å². The number of carbonyl (C=O) groups is 2. The molecule has 1 heterocycles. The van der Waals surface area contributed by atoms with E-state index in [1.807, 2.05) is 0 Å². The van der Waals surface area contributed by atoms with Crippen LogP contribution in [-0.2, 0) is 14.6 Å². The SMILES string of the molecule is CC(C)(C)OC(=O)NCCNC(=O)c1ccc(C(c2cc(F)ccc2F)S(=O)(=O)c2ccc(Cl)cc2)nc1. The molecule has 0 saturated heterocycles. The summed E-state index contributed by atoms with van der Waals surface area (Å²) in [5.41, 5.74) is -1.12. The lowest BCUT2D eigenvalue weighted by Crippen LogP contribution is -2.37. The first kappa shape index (κ1) is 29.0. The summed E-state index contributed by atoms with van der Waals surface area (Å²) in [5.74, 6) is -2.30. The number of rotatable bonds is 8.